The summed E-state index contributed by atoms with van der Waals surface area (Å²) in [6.45, 7) is 11.2. The zero-order valence-electron chi connectivity index (χ0n) is 34.1. The molecule has 2 saturated heterocycles. The number of carbonyl (C=O) groups excluding carboxylic acids is 1. The number of benzene rings is 4. The Hall–Kier alpha value is -3.89. The van der Waals surface area contributed by atoms with Gasteiger partial charge in [0.1, 0.15) is 0 Å². The van der Waals surface area contributed by atoms with Crippen molar-refractivity contribution < 1.29 is 19.0 Å². The van der Waals surface area contributed by atoms with E-state index >= 15 is 0 Å². The molecule has 56 heavy (non-hydrogen) atoms. The molecule has 2 aliphatic rings. The minimum absolute atomic E-state index is 0.0744. The zero-order valence-corrected chi connectivity index (χ0v) is 34.1. The van der Waals surface area contributed by atoms with Crippen molar-refractivity contribution in [2.24, 2.45) is 0 Å². The van der Waals surface area contributed by atoms with Crippen LogP contribution in [0.5, 0.6) is 0 Å². The average Bonchev–Trinajstić information content (AvgIpc) is 3.25. The summed E-state index contributed by atoms with van der Waals surface area (Å²) >= 11 is 0. The molecule has 4 aromatic rings. The lowest BCUT2D eigenvalue weighted by atomic mass is 9.97. The van der Waals surface area contributed by atoms with Crippen molar-refractivity contribution in [1.82, 2.24) is 20.0 Å². The van der Waals surface area contributed by atoms with Crippen LogP contribution in [0.15, 0.2) is 121 Å². The summed E-state index contributed by atoms with van der Waals surface area (Å²) in [6.07, 6.45) is 6.26. The molecule has 8 heteroatoms. The summed E-state index contributed by atoms with van der Waals surface area (Å²) < 4.78 is 16.8. The third-order valence-corrected chi connectivity index (χ3v) is 11.1. The van der Waals surface area contributed by atoms with E-state index < -0.39 is 0 Å². The lowest BCUT2D eigenvalue weighted by molar-refractivity contribution is -0.143. The van der Waals surface area contributed by atoms with Crippen molar-refractivity contribution >= 4 is 5.97 Å². The topological polar surface area (TPSA) is 66.5 Å². The molecule has 8 nitrogen and oxygen atoms in total. The van der Waals surface area contributed by atoms with Crippen molar-refractivity contribution in [2.75, 3.05) is 53.6 Å². The highest BCUT2D eigenvalue weighted by Gasteiger charge is 2.34. The number of methoxy groups -OCH3 is 2. The number of unbranched alkanes of at least 4 members (excludes halogenated alkanes) is 2. The van der Waals surface area contributed by atoms with Gasteiger partial charge < -0.3 is 24.4 Å². The van der Waals surface area contributed by atoms with Crippen molar-refractivity contribution in [2.45, 2.75) is 95.9 Å². The molecule has 6 rings (SSSR count). The molecule has 0 amide bonds. The van der Waals surface area contributed by atoms with Crippen LogP contribution < -0.4 is 5.32 Å². The van der Waals surface area contributed by atoms with Crippen molar-refractivity contribution in [3.63, 3.8) is 0 Å². The number of likely N-dealkylation sites (tertiary alicyclic amines) is 1. The molecular formula is C48H66N4O4. The molecular weight excluding hydrogens is 697 g/mol. The third-order valence-electron chi connectivity index (χ3n) is 11.1. The first kappa shape index (κ1) is 43.2. The average molecular weight is 763 g/mol. The Balaban J connectivity index is 0.000000228. The van der Waals surface area contributed by atoms with Gasteiger partial charge in [0.05, 0.1) is 18.8 Å². The summed E-state index contributed by atoms with van der Waals surface area (Å²) in [6, 6.07) is 43.8. The Bertz CT molecular complexity index is 1530. The third kappa shape index (κ3) is 14.6. The largest absolute Gasteiger partial charge is 0.466 e. The van der Waals surface area contributed by atoms with Gasteiger partial charge in [-0.1, -0.05) is 128 Å². The van der Waals surface area contributed by atoms with E-state index in [-0.39, 0.29) is 18.2 Å². The second kappa shape index (κ2) is 24.7. The van der Waals surface area contributed by atoms with Gasteiger partial charge >= 0.3 is 5.97 Å². The number of carbonyl (C=O) groups is 1. The van der Waals surface area contributed by atoms with Crippen LogP contribution in [-0.4, -0.2) is 98.5 Å². The Morgan fingerprint density at radius 1 is 0.643 bits per heavy atom. The number of ether oxygens (including phenoxy) is 3. The predicted molar refractivity (Wildman–Crippen MR) is 227 cm³/mol. The molecule has 302 valence electrons. The number of rotatable bonds is 19. The minimum Gasteiger partial charge on any atom is -0.466 e. The summed E-state index contributed by atoms with van der Waals surface area (Å²) in [5, 5.41) is 3.45. The SMILES string of the molecule is CCOC(=O)CCCCCN1CC[C@@H](N(Cc2ccccc2)Cc2ccccc2)[C@@H](OC)C1.CO[C@H]1CNCC[C@H]1N(Cc1ccccc1)Cc1ccccc1. The smallest absolute Gasteiger partial charge is 0.305 e. The van der Waals surface area contributed by atoms with E-state index in [0.717, 1.165) is 91.0 Å². The van der Waals surface area contributed by atoms with Crippen LogP contribution in [0.25, 0.3) is 0 Å². The molecule has 4 aromatic carbocycles. The van der Waals surface area contributed by atoms with E-state index in [1.807, 2.05) is 21.1 Å². The van der Waals surface area contributed by atoms with Gasteiger partial charge in [-0.05, 0) is 74.5 Å². The summed E-state index contributed by atoms with van der Waals surface area (Å²) in [4.78, 5) is 19.2. The van der Waals surface area contributed by atoms with Crippen LogP contribution in [0, 0.1) is 0 Å². The number of nitrogens with zero attached hydrogens (tertiary/aromatic N) is 3. The van der Waals surface area contributed by atoms with E-state index in [1.54, 1.807) is 0 Å². The van der Waals surface area contributed by atoms with Crippen molar-refractivity contribution in [3.8, 4) is 0 Å². The second-order valence-corrected chi connectivity index (χ2v) is 15.1. The Morgan fingerprint density at radius 2 is 1.11 bits per heavy atom. The highest BCUT2D eigenvalue weighted by molar-refractivity contribution is 5.69. The maximum atomic E-state index is 11.5. The van der Waals surface area contributed by atoms with E-state index in [2.05, 4.69) is 141 Å². The van der Waals surface area contributed by atoms with E-state index in [0.29, 0.717) is 25.1 Å². The molecule has 2 heterocycles. The Labute approximate surface area is 337 Å². The monoisotopic (exact) mass is 763 g/mol. The first-order chi connectivity index (χ1) is 27.6. The van der Waals surface area contributed by atoms with E-state index in [4.69, 9.17) is 14.2 Å². The fraction of sp³-hybridized carbons (Fsp3) is 0.479. The normalized spacial score (nSPS) is 20.0. The van der Waals surface area contributed by atoms with Gasteiger partial charge in [-0.15, -0.1) is 0 Å². The van der Waals surface area contributed by atoms with Crippen molar-refractivity contribution in [3.05, 3.63) is 144 Å². The van der Waals surface area contributed by atoms with E-state index in [9.17, 15) is 4.79 Å². The first-order valence-electron chi connectivity index (χ1n) is 20.8. The number of hydrogen-bond acceptors (Lipinski definition) is 8. The minimum atomic E-state index is -0.0744. The molecule has 0 saturated carbocycles. The predicted octanol–water partition coefficient (Wildman–Crippen LogP) is 7.97. The number of esters is 1. The fourth-order valence-electron chi connectivity index (χ4n) is 8.16. The van der Waals surface area contributed by atoms with Gasteiger partial charge in [-0.25, -0.2) is 0 Å². The molecule has 0 radical (unpaired) electrons. The lowest BCUT2D eigenvalue weighted by Crippen LogP contribution is -2.54. The number of piperidine rings is 2. The van der Waals surface area contributed by atoms with Crippen LogP contribution in [0.3, 0.4) is 0 Å². The first-order valence-corrected chi connectivity index (χ1v) is 20.8. The van der Waals surface area contributed by atoms with Crippen LogP contribution in [0.1, 0.15) is 67.7 Å². The maximum Gasteiger partial charge on any atom is 0.305 e. The molecule has 1 N–H and O–H groups in total. The molecule has 0 aromatic heterocycles. The number of nitrogens with one attached hydrogen (secondary N) is 1. The van der Waals surface area contributed by atoms with Gasteiger partial charge in [-0.3, -0.25) is 14.6 Å². The van der Waals surface area contributed by atoms with Gasteiger partial charge in [0, 0.05) is 72.0 Å². The molecule has 0 aliphatic carbocycles. The highest BCUT2D eigenvalue weighted by Crippen LogP contribution is 2.25. The summed E-state index contributed by atoms with van der Waals surface area (Å²) in [5.41, 5.74) is 5.40. The molecule has 2 fully saturated rings. The van der Waals surface area contributed by atoms with Gasteiger partial charge in [0.2, 0.25) is 0 Å². The molecule has 4 atom stereocenters. The highest BCUT2D eigenvalue weighted by atomic mass is 16.5. The summed E-state index contributed by atoms with van der Waals surface area (Å²) in [5.74, 6) is -0.0744. The van der Waals surface area contributed by atoms with Gasteiger partial charge in [0.15, 0.2) is 0 Å². The van der Waals surface area contributed by atoms with E-state index in [1.165, 1.54) is 22.3 Å². The molecule has 2 aliphatic heterocycles. The Morgan fingerprint density at radius 3 is 1.55 bits per heavy atom. The molecule has 0 spiro atoms. The molecule has 0 unspecified atom stereocenters. The summed E-state index contributed by atoms with van der Waals surface area (Å²) in [7, 11) is 3.68. The van der Waals surface area contributed by atoms with Gasteiger partial charge in [0.25, 0.3) is 0 Å². The fourth-order valence-corrected chi connectivity index (χ4v) is 8.16. The van der Waals surface area contributed by atoms with Crippen LogP contribution in [-0.2, 0) is 45.2 Å². The Kier molecular flexibility index (Phi) is 19.1. The van der Waals surface area contributed by atoms with Crippen LogP contribution in [0.4, 0.5) is 0 Å². The van der Waals surface area contributed by atoms with Crippen molar-refractivity contribution in [1.29, 1.82) is 0 Å². The second-order valence-electron chi connectivity index (χ2n) is 15.1. The standard InChI is InChI=1S/C28H40N2O3.C20H26N2O/c1-3-33-28(31)17-11-6-12-19-29-20-18-26(27(23-29)32-2)30(21-24-13-7-4-8-14-24)22-25-15-9-5-10-16-25;1-23-20-14-21-13-12-19(20)22(15-17-8-4-2-5-9-17)16-18-10-6-3-7-11-18/h4-5,7-10,13-16,26-27H,3,6,11-12,17-23H2,1-2H3;2-11,19-21H,12-16H2,1H3/t26-,27+;19-,20+/m11/s1. The lowest BCUT2D eigenvalue weighted by Gasteiger charge is -2.43. The van der Waals surface area contributed by atoms with Gasteiger partial charge in [-0.2, -0.15) is 0 Å². The number of hydrogen-bond donors (Lipinski definition) is 1. The van der Waals surface area contributed by atoms with Crippen LogP contribution in [0.2, 0.25) is 0 Å². The van der Waals surface area contributed by atoms with Crippen LogP contribution >= 0.6 is 0 Å². The zero-order chi connectivity index (χ0) is 39.2. The quantitative estimate of drug-likeness (QED) is 0.0763. The molecule has 0 bridgehead atoms. The maximum absolute atomic E-state index is 11.5.